The molecule has 0 amide bonds. The molecule has 6 heteroatoms. The van der Waals surface area contributed by atoms with Gasteiger partial charge in [0.05, 0.1) is 12.9 Å². The van der Waals surface area contributed by atoms with Crippen LogP contribution >= 0.6 is 0 Å². The third kappa shape index (κ3) is 4.57. The molecule has 2 atom stereocenters. The van der Waals surface area contributed by atoms with Crippen LogP contribution in [0.15, 0.2) is 0 Å². The van der Waals surface area contributed by atoms with Crippen LogP contribution < -0.4 is 0 Å². The second kappa shape index (κ2) is 6.52. The smallest absolute Gasteiger partial charge is 0.305 e. The van der Waals surface area contributed by atoms with E-state index in [1.54, 1.807) is 4.31 Å². The Morgan fingerprint density at radius 1 is 1.28 bits per heavy atom. The highest BCUT2D eigenvalue weighted by Gasteiger charge is 2.30. The fourth-order valence-electron chi connectivity index (χ4n) is 2.46. The summed E-state index contributed by atoms with van der Waals surface area (Å²) >= 11 is 0. The van der Waals surface area contributed by atoms with Crippen molar-refractivity contribution < 1.29 is 17.9 Å². The van der Waals surface area contributed by atoms with Crippen LogP contribution in [0.4, 0.5) is 0 Å². The summed E-state index contributed by atoms with van der Waals surface area (Å²) in [5.74, 6) is 0.487. The number of rotatable bonds is 5. The number of hydrogen-bond acceptors (Lipinski definition) is 4. The summed E-state index contributed by atoms with van der Waals surface area (Å²) in [5, 5.41) is 0. The van der Waals surface area contributed by atoms with E-state index in [1.807, 2.05) is 0 Å². The molecule has 0 saturated carbocycles. The molecule has 0 radical (unpaired) electrons. The van der Waals surface area contributed by atoms with E-state index in [2.05, 4.69) is 18.6 Å². The fourth-order valence-corrected chi connectivity index (χ4v) is 4.19. The third-order valence-electron chi connectivity index (χ3n) is 3.24. The number of ether oxygens (including phenoxy) is 1. The lowest BCUT2D eigenvalue weighted by Gasteiger charge is -2.34. The van der Waals surface area contributed by atoms with Crippen LogP contribution in [0.25, 0.3) is 0 Å². The van der Waals surface area contributed by atoms with Crippen molar-refractivity contribution in [2.45, 2.75) is 33.1 Å². The van der Waals surface area contributed by atoms with Crippen molar-refractivity contribution in [3.8, 4) is 0 Å². The third-order valence-corrected chi connectivity index (χ3v) is 5.13. The standard InChI is InChI=1S/C12H23NO4S/c1-10-7-11(2)9-13(8-10)18(15,16)6-4-5-12(14)17-3/h10-11H,4-9H2,1-3H3. The van der Waals surface area contributed by atoms with Crippen molar-refractivity contribution >= 4 is 16.0 Å². The van der Waals surface area contributed by atoms with Crippen molar-refractivity contribution in [2.24, 2.45) is 11.8 Å². The molecule has 1 heterocycles. The van der Waals surface area contributed by atoms with Gasteiger partial charge in [0.2, 0.25) is 10.0 Å². The van der Waals surface area contributed by atoms with Gasteiger partial charge in [0, 0.05) is 19.5 Å². The SMILES string of the molecule is COC(=O)CCCS(=O)(=O)N1CC(C)CC(C)C1. The molecule has 0 N–H and O–H groups in total. The van der Waals surface area contributed by atoms with Gasteiger partial charge in [-0.15, -0.1) is 0 Å². The van der Waals surface area contributed by atoms with E-state index in [1.165, 1.54) is 7.11 Å². The van der Waals surface area contributed by atoms with Gasteiger partial charge < -0.3 is 4.74 Å². The average molecular weight is 277 g/mol. The first-order valence-corrected chi connectivity index (χ1v) is 8.00. The van der Waals surface area contributed by atoms with Gasteiger partial charge in [0.15, 0.2) is 0 Å². The van der Waals surface area contributed by atoms with E-state index in [4.69, 9.17) is 0 Å². The maximum atomic E-state index is 12.1. The van der Waals surface area contributed by atoms with E-state index < -0.39 is 10.0 Å². The van der Waals surface area contributed by atoms with Crippen molar-refractivity contribution in [3.05, 3.63) is 0 Å². The lowest BCUT2D eigenvalue weighted by Crippen LogP contribution is -2.43. The highest BCUT2D eigenvalue weighted by molar-refractivity contribution is 7.89. The molecular weight excluding hydrogens is 254 g/mol. The van der Waals surface area contributed by atoms with Crippen molar-refractivity contribution in [1.29, 1.82) is 0 Å². The van der Waals surface area contributed by atoms with Crippen LogP contribution in [0.3, 0.4) is 0 Å². The molecule has 1 aliphatic heterocycles. The molecule has 18 heavy (non-hydrogen) atoms. The number of methoxy groups -OCH3 is 1. The molecule has 0 aromatic heterocycles. The van der Waals surface area contributed by atoms with Crippen LogP contribution in [-0.4, -0.2) is 44.6 Å². The van der Waals surface area contributed by atoms with Gasteiger partial charge in [-0.25, -0.2) is 12.7 Å². The van der Waals surface area contributed by atoms with Crippen LogP contribution in [0.2, 0.25) is 0 Å². The molecule has 2 unspecified atom stereocenters. The van der Waals surface area contributed by atoms with Gasteiger partial charge in [0.25, 0.3) is 0 Å². The quantitative estimate of drug-likeness (QED) is 0.709. The highest BCUT2D eigenvalue weighted by atomic mass is 32.2. The molecular formula is C12H23NO4S. The molecule has 5 nitrogen and oxygen atoms in total. The minimum atomic E-state index is -3.23. The van der Waals surface area contributed by atoms with Crippen LogP contribution in [0.1, 0.15) is 33.1 Å². The Bertz CT molecular complexity index is 370. The summed E-state index contributed by atoms with van der Waals surface area (Å²) in [6.45, 7) is 5.36. The summed E-state index contributed by atoms with van der Waals surface area (Å²) in [4.78, 5) is 10.9. The zero-order valence-electron chi connectivity index (χ0n) is 11.4. The zero-order valence-corrected chi connectivity index (χ0v) is 12.2. The first-order valence-electron chi connectivity index (χ1n) is 6.39. The maximum Gasteiger partial charge on any atom is 0.305 e. The Labute approximate surface area is 110 Å². The Kier molecular flexibility index (Phi) is 5.59. The number of esters is 1. The van der Waals surface area contributed by atoms with Crippen LogP contribution in [-0.2, 0) is 19.6 Å². The molecule has 0 aliphatic carbocycles. The number of piperidine rings is 1. The van der Waals surface area contributed by atoms with Gasteiger partial charge >= 0.3 is 5.97 Å². The van der Waals surface area contributed by atoms with Crippen LogP contribution in [0, 0.1) is 11.8 Å². The van der Waals surface area contributed by atoms with E-state index in [0.29, 0.717) is 31.3 Å². The first-order chi connectivity index (χ1) is 8.35. The highest BCUT2D eigenvalue weighted by Crippen LogP contribution is 2.23. The molecule has 1 aliphatic rings. The van der Waals surface area contributed by atoms with E-state index in [0.717, 1.165) is 6.42 Å². The normalized spacial score (nSPS) is 25.9. The predicted molar refractivity (Wildman–Crippen MR) is 69.6 cm³/mol. The van der Waals surface area contributed by atoms with Crippen molar-refractivity contribution in [2.75, 3.05) is 26.0 Å². The molecule has 0 spiro atoms. The molecule has 1 saturated heterocycles. The number of carbonyl (C=O) groups is 1. The molecule has 1 fully saturated rings. The predicted octanol–water partition coefficient (Wildman–Crippen LogP) is 1.25. The topological polar surface area (TPSA) is 63.7 Å². The lowest BCUT2D eigenvalue weighted by molar-refractivity contribution is -0.140. The Balaban J connectivity index is 2.50. The van der Waals surface area contributed by atoms with E-state index >= 15 is 0 Å². The van der Waals surface area contributed by atoms with Crippen molar-refractivity contribution in [1.82, 2.24) is 4.31 Å². The second-order valence-corrected chi connectivity index (χ2v) is 7.35. The molecule has 1 rings (SSSR count). The molecule has 0 aromatic rings. The summed E-state index contributed by atoms with van der Waals surface area (Å²) in [6, 6.07) is 0. The maximum absolute atomic E-state index is 12.1. The number of nitrogens with zero attached hydrogens (tertiary/aromatic N) is 1. The average Bonchev–Trinajstić information content (AvgIpc) is 2.27. The Morgan fingerprint density at radius 2 is 1.83 bits per heavy atom. The van der Waals surface area contributed by atoms with Gasteiger partial charge in [-0.2, -0.15) is 0 Å². The molecule has 0 bridgehead atoms. The minimum absolute atomic E-state index is 0.0293. The Morgan fingerprint density at radius 3 is 2.33 bits per heavy atom. The minimum Gasteiger partial charge on any atom is -0.469 e. The van der Waals surface area contributed by atoms with E-state index in [-0.39, 0.29) is 18.1 Å². The molecule has 106 valence electrons. The Hall–Kier alpha value is -0.620. The summed E-state index contributed by atoms with van der Waals surface area (Å²) in [5.41, 5.74) is 0. The largest absolute Gasteiger partial charge is 0.469 e. The van der Waals surface area contributed by atoms with Gasteiger partial charge in [-0.05, 0) is 24.7 Å². The summed E-state index contributed by atoms with van der Waals surface area (Å²) in [6.07, 6.45) is 1.57. The van der Waals surface area contributed by atoms with Gasteiger partial charge in [-0.3, -0.25) is 4.79 Å². The fraction of sp³-hybridized carbons (Fsp3) is 0.917. The molecule has 0 aromatic carbocycles. The first kappa shape index (κ1) is 15.4. The monoisotopic (exact) mass is 277 g/mol. The zero-order chi connectivity index (χ0) is 13.8. The summed E-state index contributed by atoms with van der Waals surface area (Å²) < 4.78 is 30.3. The van der Waals surface area contributed by atoms with Gasteiger partial charge in [0.1, 0.15) is 0 Å². The lowest BCUT2D eigenvalue weighted by atomic mass is 9.94. The van der Waals surface area contributed by atoms with Crippen molar-refractivity contribution in [3.63, 3.8) is 0 Å². The van der Waals surface area contributed by atoms with E-state index in [9.17, 15) is 13.2 Å². The number of hydrogen-bond donors (Lipinski definition) is 0. The number of sulfonamides is 1. The van der Waals surface area contributed by atoms with Crippen LogP contribution in [0.5, 0.6) is 0 Å². The number of carbonyl (C=O) groups excluding carboxylic acids is 1. The summed E-state index contributed by atoms with van der Waals surface area (Å²) in [7, 11) is -1.92. The second-order valence-electron chi connectivity index (χ2n) is 5.26. The van der Waals surface area contributed by atoms with Gasteiger partial charge in [-0.1, -0.05) is 13.8 Å².